The van der Waals surface area contributed by atoms with E-state index in [1.54, 1.807) is 7.11 Å². The van der Waals surface area contributed by atoms with E-state index in [0.717, 1.165) is 6.42 Å². The highest BCUT2D eigenvalue weighted by molar-refractivity contribution is 5.17. The molecule has 0 fully saturated rings. The fourth-order valence-electron chi connectivity index (χ4n) is 1.64. The molecule has 1 unspecified atom stereocenters. The topological polar surface area (TPSA) is 76.8 Å². The Morgan fingerprint density at radius 1 is 1.35 bits per heavy atom. The first kappa shape index (κ1) is 11.8. The molecule has 0 spiro atoms. The smallest absolute Gasteiger partial charge is 0.167 e. The number of ether oxygens (including phenoxy) is 1. The summed E-state index contributed by atoms with van der Waals surface area (Å²) in [5.74, 6) is 1.33. The lowest BCUT2D eigenvalue weighted by atomic mass is 10.1. The maximum Gasteiger partial charge on any atom is 0.167 e. The van der Waals surface area contributed by atoms with Crippen LogP contribution in [0.25, 0.3) is 0 Å². The van der Waals surface area contributed by atoms with E-state index in [0.29, 0.717) is 18.3 Å². The molecule has 0 aliphatic carbocycles. The number of hydrogen-bond acceptors (Lipinski definition) is 4. The highest BCUT2D eigenvalue weighted by atomic mass is 16.5. The van der Waals surface area contributed by atoms with Gasteiger partial charge in [-0.2, -0.15) is 5.10 Å². The second-order valence-electron chi connectivity index (χ2n) is 3.87. The number of H-pyrrole nitrogens is 1. The molecule has 1 aromatic heterocycles. The molecule has 1 aromatic carbocycles. The van der Waals surface area contributed by atoms with Gasteiger partial charge in [0.15, 0.2) is 11.6 Å². The quantitative estimate of drug-likeness (QED) is 0.812. The van der Waals surface area contributed by atoms with Crippen LogP contribution in [0, 0.1) is 0 Å². The van der Waals surface area contributed by atoms with Gasteiger partial charge in [0.2, 0.25) is 0 Å². The van der Waals surface area contributed by atoms with E-state index >= 15 is 0 Å². The van der Waals surface area contributed by atoms with Gasteiger partial charge >= 0.3 is 0 Å². The van der Waals surface area contributed by atoms with Gasteiger partial charge in [0.25, 0.3) is 0 Å². The molecule has 5 nitrogen and oxygen atoms in total. The van der Waals surface area contributed by atoms with Gasteiger partial charge in [-0.1, -0.05) is 30.3 Å². The van der Waals surface area contributed by atoms with Gasteiger partial charge < -0.3 is 10.5 Å². The number of hydrogen-bond donors (Lipinski definition) is 2. The third-order valence-corrected chi connectivity index (χ3v) is 2.46. The van der Waals surface area contributed by atoms with Gasteiger partial charge in [-0.05, 0) is 12.0 Å². The van der Waals surface area contributed by atoms with Gasteiger partial charge in [-0.3, -0.25) is 5.10 Å². The van der Waals surface area contributed by atoms with E-state index in [1.165, 1.54) is 5.56 Å². The lowest BCUT2D eigenvalue weighted by Crippen LogP contribution is -2.15. The van der Waals surface area contributed by atoms with Crippen molar-refractivity contribution < 1.29 is 4.74 Å². The van der Waals surface area contributed by atoms with E-state index in [4.69, 9.17) is 10.5 Å². The van der Waals surface area contributed by atoms with Crippen LogP contribution in [0.3, 0.4) is 0 Å². The Balaban J connectivity index is 2.01. The number of aromatic nitrogens is 3. The van der Waals surface area contributed by atoms with Gasteiger partial charge in [0, 0.05) is 7.11 Å². The number of nitrogens with zero attached hydrogens (tertiary/aromatic N) is 2. The second-order valence-corrected chi connectivity index (χ2v) is 3.87. The van der Waals surface area contributed by atoms with Crippen molar-refractivity contribution in [3.05, 3.63) is 47.5 Å². The van der Waals surface area contributed by atoms with Crippen LogP contribution >= 0.6 is 0 Å². The number of nitrogens with one attached hydrogen (secondary N) is 1. The van der Waals surface area contributed by atoms with Crippen molar-refractivity contribution in [3.8, 4) is 0 Å². The molecule has 3 N–H and O–H groups in total. The maximum absolute atomic E-state index is 6.05. The van der Waals surface area contributed by atoms with E-state index < -0.39 is 0 Å². The maximum atomic E-state index is 6.05. The fourth-order valence-corrected chi connectivity index (χ4v) is 1.64. The van der Waals surface area contributed by atoms with Crippen LogP contribution in [0.1, 0.15) is 23.3 Å². The molecule has 0 bridgehead atoms. The number of nitrogens with two attached hydrogens (primary N) is 1. The first-order chi connectivity index (χ1) is 8.29. The molecule has 90 valence electrons. The minimum absolute atomic E-state index is 0.195. The third kappa shape index (κ3) is 3.12. The zero-order valence-electron chi connectivity index (χ0n) is 9.76. The van der Waals surface area contributed by atoms with E-state index in [2.05, 4.69) is 15.2 Å². The minimum Gasteiger partial charge on any atom is -0.377 e. The normalized spacial score (nSPS) is 12.6. The lowest BCUT2D eigenvalue weighted by molar-refractivity contribution is 0.178. The van der Waals surface area contributed by atoms with Crippen molar-refractivity contribution in [3.63, 3.8) is 0 Å². The van der Waals surface area contributed by atoms with Crippen LogP contribution in [0.5, 0.6) is 0 Å². The Bertz CT molecular complexity index is 455. The molecular weight excluding hydrogens is 216 g/mol. The number of aromatic amines is 1. The van der Waals surface area contributed by atoms with E-state index in [-0.39, 0.29) is 6.04 Å². The predicted molar refractivity (Wildman–Crippen MR) is 64.2 cm³/mol. The highest BCUT2D eigenvalue weighted by Gasteiger charge is 2.12. The van der Waals surface area contributed by atoms with E-state index in [9.17, 15) is 0 Å². The fraction of sp³-hybridized carbons (Fsp3) is 0.333. The predicted octanol–water partition coefficient (Wildman–Crippen LogP) is 1.19. The molecule has 5 heteroatoms. The summed E-state index contributed by atoms with van der Waals surface area (Å²) in [5.41, 5.74) is 7.23. The molecule has 0 aliphatic heterocycles. The summed E-state index contributed by atoms with van der Waals surface area (Å²) in [7, 11) is 1.62. The molecule has 0 amide bonds. The molecule has 0 saturated heterocycles. The Kier molecular flexibility index (Phi) is 3.85. The number of rotatable bonds is 5. The van der Waals surface area contributed by atoms with Gasteiger partial charge in [0.1, 0.15) is 6.61 Å². The summed E-state index contributed by atoms with van der Waals surface area (Å²) in [4.78, 5) is 4.28. The van der Waals surface area contributed by atoms with Crippen molar-refractivity contribution in [1.82, 2.24) is 15.2 Å². The molecule has 2 aromatic rings. The van der Waals surface area contributed by atoms with Gasteiger partial charge in [0.05, 0.1) is 6.04 Å². The van der Waals surface area contributed by atoms with Crippen molar-refractivity contribution in [2.45, 2.75) is 19.1 Å². The zero-order chi connectivity index (χ0) is 12.1. The Labute approximate surface area is 100 Å². The van der Waals surface area contributed by atoms with E-state index in [1.807, 2.05) is 30.3 Å². The summed E-state index contributed by atoms with van der Waals surface area (Å²) in [6.45, 7) is 0.422. The molecule has 0 aliphatic rings. The SMILES string of the molecule is COCc1nc(C(N)Cc2ccccc2)n[nH]1. The summed E-state index contributed by atoms with van der Waals surface area (Å²) < 4.78 is 4.96. The van der Waals surface area contributed by atoms with Gasteiger partial charge in [-0.25, -0.2) is 4.98 Å². The Morgan fingerprint density at radius 2 is 2.12 bits per heavy atom. The van der Waals surface area contributed by atoms with Crippen LogP contribution in [0.4, 0.5) is 0 Å². The standard InChI is InChI=1S/C12H16N4O/c1-17-8-11-14-12(16-15-11)10(13)7-9-5-3-2-4-6-9/h2-6,10H,7-8,13H2,1H3,(H,14,15,16). The molecule has 0 radical (unpaired) electrons. The first-order valence-corrected chi connectivity index (χ1v) is 5.49. The number of methoxy groups -OCH3 is 1. The average molecular weight is 232 g/mol. The van der Waals surface area contributed by atoms with Crippen LogP contribution in [-0.2, 0) is 17.8 Å². The Morgan fingerprint density at radius 3 is 2.82 bits per heavy atom. The average Bonchev–Trinajstić information content (AvgIpc) is 2.79. The first-order valence-electron chi connectivity index (χ1n) is 5.49. The molecule has 17 heavy (non-hydrogen) atoms. The molecule has 2 rings (SSSR count). The minimum atomic E-state index is -0.195. The number of benzene rings is 1. The van der Waals surface area contributed by atoms with Crippen LogP contribution < -0.4 is 5.73 Å². The van der Waals surface area contributed by atoms with Gasteiger partial charge in [-0.15, -0.1) is 0 Å². The summed E-state index contributed by atoms with van der Waals surface area (Å²) in [5, 5.41) is 6.90. The summed E-state index contributed by atoms with van der Waals surface area (Å²) >= 11 is 0. The van der Waals surface area contributed by atoms with Crippen LogP contribution in [0.15, 0.2) is 30.3 Å². The summed E-state index contributed by atoms with van der Waals surface area (Å²) in [6, 6.07) is 9.87. The highest BCUT2D eigenvalue weighted by Crippen LogP contribution is 2.12. The van der Waals surface area contributed by atoms with Crippen molar-refractivity contribution >= 4 is 0 Å². The monoisotopic (exact) mass is 232 g/mol. The summed E-state index contributed by atoms with van der Waals surface area (Å²) in [6.07, 6.45) is 0.727. The molecular formula is C12H16N4O. The van der Waals surface area contributed by atoms with Crippen molar-refractivity contribution in [2.75, 3.05) is 7.11 Å². The molecule has 1 heterocycles. The largest absolute Gasteiger partial charge is 0.377 e. The van der Waals surface area contributed by atoms with Crippen molar-refractivity contribution in [1.29, 1.82) is 0 Å². The van der Waals surface area contributed by atoms with Crippen LogP contribution in [-0.4, -0.2) is 22.3 Å². The zero-order valence-corrected chi connectivity index (χ0v) is 9.76. The molecule has 1 atom stereocenters. The third-order valence-electron chi connectivity index (χ3n) is 2.46. The van der Waals surface area contributed by atoms with Crippen molar-refractivity contribution in [2.24, 2.45) is 5.73 Å². The Hall–Kier alpha value is -1.72. The lowest BCUT2D eigenvalue weighted by Gasteiger charge is -2.06. The molecule has 0 saturated carbocycles. The van der Waals surface area contributed by atoms with Crippen LogP contribution in [0.2, 0.25) is 0 Å². The second kappa shape index (κ2) is 5.56.